The van der Waals surface area contributed by atoms with Crippen LogP contribution in [0.25, 0.3) is 0 Å². The van der Waals surface area contributed by atoms with E-state index in [1.165, 1.54) is 19.1 Å². The summed E-state index contributed by atoms with van der Waals surface area (Å²) in [5, 5.41) is 3.10. The monoisotopic (exact) mass is 370 g/mol. The first-order chi connectivity index (χ1) is 10.2. The number of hydrogen-bond donors (Lipinski definition) is 2. The lowest BCUT2D eigenvalue weighted by Gasteiger charge is -2.16. The minimum absolute atomic E-state index is 0. The van der Waals surface area contributed by atoms with Gasteiger partial charge in [0.05, 0.1) is 10.5 Å². The number of halogens is 4. The van der Waals surface area contributed by atoms with Crippen molar-refractivity contribution < 1.29 is 21.6 Å². The van der Waals surface area contributed by atoms with Crippen LogP contribution in [0.3, 0.4) is 0 Å². The van der Waals surface area contributed by atoms with E-state index in [0.717, 1.165) is 12.1 Å². The topological polar surface area (TPSA) is 58.2 Å². The van der Waals surface area contributed by atoms with Crippen LogP contribution in [0.1, 0.15) is 17.5 Å². The molecule has 1 heterocycles. The fourth-order valence-corrected chi connectivity index (χ4v) is 3.24. The van der Waals surface area contributed by atoms with E-state index < -0.39 is 21.8 Å². The molecule has 9 heteroatoms. The van der Waals surface area contributed by atoms with Crippen LogP contribution in [0, 0.1) is 6.92 Å². The fourth-order valence-electron chi connectivity index (χ4n) is 2.17. The highest BCUT2D eigenvalue weighted by molar-refractivity contribution is 7.89. The first-order valence-electron chi connectivity index (χ1n) is 6.76. The Kier molecular flexibility index (Phi) is 6.64. The number of aryl methyl sites for hydroxylation is 1. The van der Waals surface area contributed by atoms with Gasteiger partial charge in [-0.05, 0) is 37.6 Å². The van der Waals surface area contributed by atoms with E-state index in [1.807, 2.05) is 6.08 Å². The quantitative estimate of drug-likeness (QED) is 0.801. The summed E-state index contributed by atoms with van der Waals surface area (Å²) in [4.78, 5) is -0.375. The fraction of sp³-hybridized carbons (Fsp3) is 0.429. The molecule has 1 aliphatic heterocycles. The van der Waals surface area contributed by atoms with Crippen molar-refractivity contribution in [1.82, 2.24) is 10.0 Å². The van der Waals surface area contributed by atoms with Gasteiger partial charge in [0.15, 0.2) is 0 Å². The van der Waals surface area contributed by atoms with Gasteiger partial charge in [-0.3, -0.25) is 0 Å². The Morgan fingerprint density at radius 1 is 1.30 bits per heavy atom. The molecule has 1 aromatic rings. The lowest BCUT2D eigenvalue weighted by molar-refractivity contribution is -0.138. The highest BCUT2D eigenvalue weighted by Gasteiger charge is 2.33. The number of sulfonamides is 1. The van der Waals surface area contributed by atoms with Crippen molar-refractivity contribution in [1.29, 1.82) is 0 Å². The number of nitrogens with one attached hydrogen (secondary N) is 2. The van der Waals surface area contributed by atoms with E-state index in [2.05, 4.69) is 10.0 Å². The van der Waals surface area contributed by atoms with Gasteiger partial charge in [0.1, 0.15) is 0 Å². The maximum absolute atomic E-state index is 12.9. The van der Waals surface area contributed by atoms with Gasteiger partial charge in [-0.25, -0.2) is 13.1 Å². The predicted molar refractivity (Wildman–Crippen MR) is 84.2 cm³/mol. The van der Waals surface area contributed by atoms with Gasteiger partial charge in [-0.1, -0.05) is 17.7 Å². The molecule has 23 heavy (non-hydrogen) atoms. The smallest absolute Gasteiger partial charge is 0.313 e. The normalized spacial score (nSPS) is 15.7. The molecule has 2 N–H and O–H groups in total. The van der Waals surface area contributed by atoms with Crippen molar-refractivity contribution in [3.8, 4) is 0 Å². The standard InChI is InChI=1S/C14H17F3N2O2S.ClH/c1-10-2-3-12(8-13(10)14(15,16)17)22(20,21)19-9-11-4-6-18-7-5-11;/h2-4,8,18-19H,5-7,9H2,1H3;1H. The summed E-state index contributed by atoms with van der Waals surface area (Å²) in [7, 11) is -3.97. The molecule has 0 radical (unpaired) electrons. The largest absolute Gasteiger partial charge is 0.416 e. The van der Waals surface area contributed by atoms with Crippen LogP contribution in [0.2, 0.25) is 0 Å². The minimum atomic E-state index is -4.58. The Bertz CT molecular complexity index is 688. The Hall–Kier alpha value is -1.09. The van der Waals surface area contributed by atoms with Crippen molar-refractivity contribution in [3.05, 3.63) is 41.0 Å². The second kappa shape index (κ2) is 7.65. The molecule has 0 unspecified atom stereocenters. The molecule has 1 aromatic carbocycles. The Morgan fingerprint density at radius 2 is 2.00 bits per heavy atom. The van der Waals surface area contributed by atoms with Crippen LogP contribution < -0.4 is 10.0 Å². The lowest BCUT2D eigenvalue weighted by Crippen LogP contribution is -2.30. The third-order valence-corrected chi connectivity index (χ3v) is 4.87. The third-order valence-electron chi connectivity index (χ3n) is 3.47. The number of hydrogen-bond acceptors (Lipinski definition) is 3. The van der Waals surface area contributed by atoms with E-state index in [0.29, 0.717) is 19.0 Å². The van der Waals surface area contributed by atoms with Gasteiger partial charge in [0, 0.05) is 13.1 Å². The average Bonchev–Trinajstić information content (AvgIpc) is 2.45. The van der Waals surface area contributed by atoms with E-state index in [9.17, 15) is 21.6 Å². The zero-order chi connectivity index (χ0) is 16.4. The van der Waals surface area contributed by atoms with Crippen molar-refractivity contribution in [2.75, 3.05) is 19.6 Å². The molecule has 0 aromatic heterocycles. The molecular formula is C14H18ClF3N2O2S. The first-order valence-corrected chi connectivity index (χ1v) is 8.24. The van der Waals surface area contributed by atoms with Crippen LogP contribution in [0.5, 0.6) is 0 Å². The molecular weight excluding hydrogens is 353 g/mol. The lowest BCUT2D eigenvalue weighted by atomic mass is 10.1. The van der Waals surface area contributed by atoms with Crippen molar-refractivity contribution >= 4 is 22.4 Å². The summed E-state index contributed by atoms with van der Waals surface area (Å²) in [6, 6.07) is 3.03. The molecule has 0 amide bonds. The van der Waals surface area contributed by atoms with Crippen LogP contribution >= 0.6 is 12.4 Å². The molecule has 4 nitrogen and oxygen atoms in total. The Balaban J connectivity index is 0.00000264. The van der Waals surface area contributed by atoms with E-state index in [4.69, 9.17) is 0 Å². The van der Waals surface area contributed by atoms with Crippen molar-refractivity contribution in [3.63, 3.8) is 0 Å². The predicted octanol–water partition coefficient (Wildman–Crippen LogP) is 2.63. The molecule has 1 aliphatic rings. The molecule has 0 fully saturated rings. The molecule has 130 valence electrons. The summed E-state index contributed by atoms with van der Waals surface area (Å²) in [5.41, 5.74) is -0.0190. The highest BCUT2D eigenvalue weighted by Crippen LogP contribution is 2.33. The second-order valence-electron chi connectivity index (χ2n) is 5.12. The molecule has 0 bridgehead atoms. The van der Waals surface area contributed by atoms with Gasteiger partial charge < -0.3 is 5.32 Å². The molecule has 2 rings (SSSR count). The van der Waals surface area contributed by atoms with Crippen LogP contribution in [-0.2, 0) is 16.2 Å². The molecule has 0 saturated heterocycles. The van der Waals surface area contributed by atoms with E-state index >= 15 is 0 Å². The number of alkyl halides is 3. The van der Waals surface area contributed by atoms with E-state index in [1.54, 1.807) is 0 Å². The summed E-state index contributed by atoms with van der Waals surface area (Å²) >= 11 is 0. The second-order valence-corrected chi connectivity index (χ2v) is 6.88. The van der Waals surface area contributed by atoms with Crippen molar-refractivity contribution in [2.24, 2.45) is 0 Å². The van der Waals surface area contributed by atoms with E-state index in [-0.39, 0.29) is 29.4 Å². The summed E-state index contributed by atoms with van der Waals surface area (Å²) < 4.78 is 65.2. The average molecular weight is 371 g/mol. The number of benzene rings is 1. The van der Waals surface area contributed by atoms with Gasteiger partial charge in [-0.15, -0.1) is 12.4 Å². The zero-order valence-corrected chi connectivity index (χ0v) is 14.0. The Morgan fingerprint density at radius 3 is 2.57 bits per heavy atom. The van der Waals surface area contributed by atoms with Gasteiger partial charge in [0.25, 0.3) is 0 Å². The number of rotatable bonds is 4. The maximum atomic E-state index is 12.9. The maximum Gasteiger partial charge on any atom is 0.416 e. The SMILES string of the molecule is Cc1ccc(S(=O)(=O)NCC2=CCNCC2)cc1C(F)(F)F.Cl. The first kappa shape index (κ1) is 20.0. The van der Waals surface area contributed by atoms with Gasteiger partial charge >= 0.3 is 6.18 Å². The highest BCUT2D eigenvalue weighted by atomic mass is 35.5. The molecule has 0 atom stereocenters. The Labute approximate surface area is 139 Å². The molecule has 0 spiro atoms. The molecule has 0 saturated carbocycles. The summed E-state index contributed by atoms with van der Waals surface area (Å²) in [6.07, 6.45) is -1.99. The van der Waals surface area contributed by atoms with Crippen LogP contribution in [0.15, 0.2) is 34.7 Å². The minimum Gasteiger partial charge on any atom is -0.313 e. The third kappa shape index (κ3) is 5.20. The van der Waals surface area contributed by atoms with Gasteiger partial charge in [0.2, 0.25) is 10.0 Å². The van der Waals surface area contributed by atoms with Crippen LogP contribution in [0.4, 0.5) is 13.2 Å². The molecule has 0 aliphatic carbocycles. The van der Waals surface area contributed by atoms with Crippen LogP contribution in [-0.4, -0.2) is 28.1 Å². The summed E-state index contributed by atoms with van der Waals surface area (Å²) in [6.45, 7) is 2.84. The van der Waals surface area contributed by atoms with Crippen molar-refractivity contribution in [2.45, 2.75) is 24.4 Å². The summed E-state index contributed by atoms with van der Waals surface area (Å²) in [5.74, 6) is 0. The zero-order valence-electron chi connectivity index (χ0n) is 12.4. The van der Waals surface area contributed by atoms with Gasteiger partial charge in [-0.2, -0.15) is 13.2 Å².